The molecular formula is C16H25NO. The minimum Gasteiger partial charge on any atom is -0.396 e. The van der Waals surface area contributed by atoms with Gasteiger partial charge in [-0.25, -0.2) is 0 Å². The van der Waals surface area contributed by atoms with Crippen molar-refractivity contribution < 1.29 is 5.11 Å². The van der Waals surface area contributed by atoms with Crippen LogP contribution in [0.5, 0.6) is 0 Å². The van der Waals surface area contributed by atoms with Crippen LogP contribution in [0, 0.1) is 19.8 Å². The molecule has 0 aromatic heterocycles. The summed E-state index contributed by atoms with van der Waals surface area (Å²) in [7, 11) is 0. The van der Waals surface area contributed by atoms with E-state index in [1.165, 1.54) is 23.2 Å². The van der Waals surface area contributed by atoms with Crippen LogP contribution < -0.4 is 4.90 Å². The average molecular weight is 247 g/mol. The fraction of sp³-hybridized carbons (Fsp3) is 0.625. The fourth-order valence-electron chi connectivity index (χ4n) is 3.21. The number of nitrogens with zero attached hydrogens (tertiary/aromatic N) is 1. The summed E-state index contributed by atoms with van der Waals surface area (Å²) >= 11 is 0. The van der Waals surface area contributed by atoms with Gasteiger partial charge < -0.3 is 10.0 Å². The molecule has 1 aromatic rings. The lowest BCUT2D eigenvalue weighted by Gasteiger charge is -2.35. The molecule has 2 heteroatoms. The maximum absolute atomic E-state index is 9.13. The Morgan fingerprint density at radius 3 is 2.72 bits per heavy atom. The first-order valence-corrected chi connectivity index (χ1v) is 6.90. The highest BCUT2D eigenvalue weighted by atomic mass is 16.3. The van der Waals surface area contributed by atoms with Gasteiger partial charge in [0.15, 0.2) is 0 Å². The van der Waals surface area contributed by atoms with Crippen LogP contribution in [0.15, 0.2) is 18.2 Å². The summed E-state index contributed by atoms with van der Waals surface area (Å²) in [4.78, 5) is 2.52. The number of rotatable bonds is 3. The van der Waals surface area contributed by atoms with Gasteiger partial charge in [-0.15, -0.1) is 0 Å². The summed E-state index contributed by atoms with van der Waals surface area (Å²) in [6.45, 7) is 10.4. The van der Waals surface area contributed by atoms with E-state index in [0.717, 1.165) is 13.0 Å². The molecule has 1 aliphatic heterocycles. The first-order valence-electron chi connectivity index (χ1n) is 6.90. The predicted octanol–water partition coefficient (Wildman–Crippen LogP) is 3.29. The van der Waals surface area contributed by atoms with Crippen LogP contribution in [0.1, 0.15) is 37.8 Å². The van der Waals surface area contributed by atoms with Gasteiger partial charge in [0, 0.05) is 24.4 Å². The largest absolute Gasteiger partial charge is 0.396 e. The van der Waals surface area contributed by atoms with Gasteiger partial charge in [-0.3, -0.25) is 0 Å². The summed E-state index contributed by atoms with van der Waals surface area (Å²) in [5.41, 5.74) is 4.29. The van der Waals surface area contributed by atoms with E-state index in [2.05, 4.69) is 50.8 Å². The van der Waals surface area contributed by atoms with Crippen molar-refractivity contribution in [1.82, 2.24) is 0 Å². The average Bonchev–Trinajstić information content (AvgIpc) is 2.58. The van der Waals surface area contributed by atoms with Crippen LogP contribution in [-0.2, 0) is 0 Å². The first-order chi connectivity index (χ1) is 8.45. The molecule has 1 aliphatic rings. The van der Waals surface area contributed by atoms with E-state index in [4.69, 9.17) is 5.11 Å². The Labute approximate surface area is 111 Å². The van der Waals surface area contributed by atoms with Crippen LogP contribution in [0.2, 0.25) is 0 Å². The lowest BCUT2D eigenvalue weighted by atomic mass is 9.94. The highest BCUT2D eigenvalue weighted by Crippen LogP contribution is 2.39. The van der Waals surface area contributed by atoms with Crippen molar-refractivity contribution in [1.29, 1.82) is 0 Å². The molecule has 100 valence electrons. The third-order valence-electron chi connectivity index (χ3n) is 4.36. The van der Waals surface area contributed by atoms with Gasteiger partial charge in [-0.05, 0) is 63.6 Å². The van der Waals surface area contributed by atoms with Gasteiger partial charge >= 0.3 is 0 Å². The van der Waals surface area contributed by atoms with Crippen molar-refractivity contribution in [2.45, 2.75) is 46.1 Å². The molecule has 1 unspecified atom stereocenters. The van der Waals surface area contributed by atoms with Gasteiger partial charge in [0.2, 0.25) is 0 Å². The molecule has 0 spiro atoms. The molecule has 0 radical (unpaired) electrons. The van der Waals surface area contributed by atoms with E-state index >= 15 is 0 Å². The second kappa shape index (κ2) is 4.93. The van der Waals surface area contributed by atoms with Crippen LogP contribution >= 0.6 is 0 Å². The van der Waals surface area contributed by atoms with Gasteiger partial charge in [0.25, 0.3) is 0 Å². The Kier molecular flexibility index (Phi) is 3.67. The molecule has 0 bridgehead atoms. The number of hydrogen-bond acceptors (Lipinski definition) is 2. The van der Waals surface area contributed by atoms with Gasteiger partial charge in [-0.2, -0.15) is 0 Å². The van der Waals surface area contributed by atoms with Crippen molar-refractivity contribution in [3.63, 3.8) is 0 Å². The smallest absolute Gasteiger partial charge is 0.0434 e. The third-order valence-corrected chi connectivity index (χ3v) is 4.36. The molecule has 1 aromatic carbocycles. The highest BCUT2D eigenvalue weighted by Gasteiger charge is 2.38. The molecular weight excluding hydrogens is 222 g/mol. The molecule has 1 fully saturated rings. The Morgan fingerprint density at radius 2 is 2.06 bits per heavy atom. The second-order valence-electron chi connectivity index (χ2n) is 6.22. The zero-order chi connectivity index (χ0) is 13.3. The lowest BCUT2D eigenvalue weighted by Crippen LogP contribution is -2.38. The second-order valence-corrected chi connectivity index (χ2v) is 6.22. The van der Waals surface area contributed by atoms with E-state index < -0.39 is 0 Å². The highest BCUT2D eigenvalue weighted by molar-refractivity contribution is 5.58. The first kappa shape index (κ1) is 13.4. The summed E-state index contributed by atoms with van der Waals surface area (Å²) in [6.07, 6.45) is 2.09. The zero-order valence-corrected chi connectivity index (χ0v) is 12.0. The molecule has 0 saturated carbocycles. The summed E-state index contributed by atoms with van der Waals surface area (Å²) in [6, 6.07) is 6.55. The lowest BCUT2D eigenvalue weighted by molar-refractivity contribution is 0.259. The van der Waals surface area contributed by atoms with Gasteiger partial charge in [0.05, 0.1) is 0 Å². The molecule has 1 saturated heterocycles. The maximum Gasteiger partial charge on any atom is 0.0434 e. The van der Waals surface area contributed by atoms with Crippen molar-refractivity contribution in [3.8, 4) is 0 Å². The summed E-state index contributed by atoms with van der Waals surface area (Å²) < 4.78 is 0. The Bertz CT molecular complexity index is 425. The molecule has 2 rings (SSSR count). The van der Waals surface area contributed by atoms with Gasteiger partial charge in [-0.1, -0.05) is 12.1 Å². The number of aliphatic hydroxyl groups is 1. The molecule has 2 nitrogen and oxygen atoms in total. The number of aryl methyl sites for hydroxylation is 1. The van der Waals surface area contributed by atoms with Crippen LogP contribution in [0.3, 0.4) is 0 Å². The van der Waals surface area contributed by atoms with Crippen molar-refractivity contribution in [2.24, 2.45) is 5.92 Å². The van der Waals surface area contributed by atoms with Crippen molar-refractivity contribution in [3.05, 3.63) is 29.3 Å². The SMILES string of the molecule is Cc1cccc(N2CC(CCO)CC2(C)C)c1C. The molecule has 0 aliphatic carbocycles. The number of hydrogen-bond donors (Lipinski definition) is 1. The monoisotopic (exact) mass is 247 g/mol. The minimum absolute atomic E-state index is 0.193. The Hall–Kier alpha value is -1.02. The number of anilines is 1. The molecule has 18 heavy (non-hydrogen) atoms. The number of aliphatic hydroxyl groups excluding tert-OH is 1. The van der Waals surface area contributed by atoms with E-state index in [0.29, 0.717) is 12.5 Å². The third kappa shape index (κ3) is 2.39. The normalized spacial score (nSPS) is 22.5. The summed E-state index contributed by atoms with van der Waals surface area (Å²) in [5, 5.41) is 9.13. The van der Waals surface area contributed by atoms with E-state index in [1.54, 1.807) is 0 Å². The molecule has 1 atom stereocenters. The topological polar surface area (TPSA) is 23.5 Å². The van der Waals surface area contributed by atoms with Gasteiger partial charge in [0.1, 0.15) is 0 Å². The predicted molar refractivity (Wildman–Crippen MR) is 77.2 cm³/mol. The fourth-order valence-corrected chi connectivity index (χ4v) is 3.21. The quantitative estimate of drug-likeness (QED) is 0.886. The van der Waals surface area contributed by atoms with Crippen molar-refractivity contribution >= 4 is 5.69 Å². The summed E-state index contributed by atoms with van der Waals surface area (Å²) in [5.74, 6) is 0.616. The molecule has 1 N–H and O–H groups in total. The van der Waals surface area contributed by atoms with Crippen molar-refractivity contribution in [2.75, 3.05) is 18.1 Å². The van der Waals surface area contributed by atoms with E-state index in [9.17, 15) is 0 Å². The molecule has 0 amide bonds. The van der Waals surface area contributed by atoms with Crippen LogP contribution in [0.4, 0.5) is 5.69 Å². The van der Waals surface area contributed by atoms with Crippen LogP contribution in [-0.4, -0.2) is 23.8 Å². The zero-order valence-electron chi connectivity index (χ0n) is 12.0. The van der Waals surface area contributed by atoms with Crippen LogP contribution in [0.25, 0.3) is 0 Å². The van der Waals surface area contributed by atoms with E-state index in [-0.39, 0.29) is 5.54 Å². The standard InChI is InChI=1S/C16H25NO/c1-12-6-5-7-15(13(12)2)17-11-14(8-9-18)10-16(17,3)4/h5-7,14,18H,8-11H2,1-4H3. The minimum atomic E-state index is 0.193. The van der Waals surface area contributed by atoms with E-state index in [1.807, 2.05) is 0 Å². The maximum atomic E-state index is 9.13. The molecule has 1 heterocycles. The Balaban J connectivity index is 2.30. The Morgan fingerprint density at radius 1 is 1.33 bits per heavy atom. The number of benzene rings is 1.